The fourth-order valence-corrected chi connectivity index (χ4v) is 10.5. The number of benzene rings is 2. The van der Waals surface area contributed by atoms with Crippen molar-refractivity contribution in [3.63, 3.8) is 0 Å². The van der Waals surface area contributed by atoms with Crippen molar-refractivity contribution in [2.24, 2.45) is 0 Å². The first kappa shape index (κ1) is 44.6. The number of thioether (sulfide) groups is 2. The van der Waals surface area contributed by atoms with Crippen LogP contribution in [0.25, 0.3) is 0 Å². The van der Waals surface area contributed by atoms with Crippen LogP contribution in [0.4, 0.5) is 0 Å². The maximum absolute atomic E-state index is 6.03. The van der Waals surface area contributed by atoms with Crippen LogP contribution < -0.4 is 9.47 Å². The van der Waals surface area contributed by atoms with Gasteiger partial charge < -0.3 is 38.5 Å². The maximum atomic E-state index is 6.03. The monoisotopic (exact) mass is 799 g/mol. The van der Waals surface area contributed by atoms with Crippen molar-refractivity contribution in [1.29, 1.82) is 0 Å². The van der Waals surface area contributed by atoms with Gasteiger partial charge in [-0.2, -0.15) is 23.5 Å². The average Bonchev–Trinajstić information content (AvgIpc) is 3.25. The molecule has 4 fully saturated rings. The molecule has 0 unspecified atom stereocenters. The first-order valence-electron chi connectivity index (χ1n) is 21.6. The molecule has 4 aliphatic heterocycles. The molecule has 0 bridgehead atoms. The van der Waals surface area contributed by atoms with Gasteiger partial charge in [0.2, 0.25) is 0 Å². The SMILES string of the molecule is CCN(C)CC1(c2ccc(OCCCN3CCSCC3)cc2)CCOCC1.CCN(CC)CC1(c2ccc(OCCCN3CCSCC3)cc2)CCOCC1. The number of rotatable bonds is 19. The molecule has 4 saturated heterocycles. The highest BCUT2D eigenvalue weighted by Crippen LogP contribution is 2.38. The molecular weight excluding hydrogens is 725 g/mol. The van der Waals surface area contributed by atoms with E-state index in [1.165, 1.54) is 60.3 Å². The number of hydrogen-bond acceptors (Lipinski definition) is 10. The van der Waals surface area contributed by atoms with Crippen LogP contribution in [0.1, 0.15) is 70.4 Å². The van der Waals surface area contributed by atoms with E-state index in [1.807, 2.05) is 0 Å². The maximum Gasteiger partial charge on any atom is 0.119 e. The predicted molar refractivity (Wildman–Crippen MR) is 235 cm³/mol. The lowest BCUT2D eigenvalue weighted by Crippen LogP contribution is -2.44. The van der Waals surface area contributed by atoms with Gasteiger partial charge in [0.05, 0.1) is 13.2 Å². The highest BCUT2D eigenvalue weighted by Gasteiger charge is 2.36. The minimum absolute atomic E-state index is 0.216. The Balaban J connectivity index is 0.000000211. The Morgan fingerprint density at radius 2 is 0.982 bits per heavy atom. The van der Waals surface area contributed by atoms with E-state index in [9.17, 15) is 0 Å². The standard InChI is InChI=1S/C23H38N2O2S.C22H36N2O2S/c1-3-24(4-2)20-23(10-16-26-17-11-23)21-6-8-22(9-7-21)27-15-5-12-25-13-18-28-19-14-25;1-3-23(2)19-22(9-15-25-16-10-22)20-5-7-21(8-6-20)26-14-4-11-24-12-17-27-18-13-24/h6-9H,3-5,10-20H2,1-2H3;5-8H,3-4,9-19H2,1-2H3. The van der Waals surface area contributed by atoms with E-state index in [4.69, 9.17) is 18.9 Å². The molecule has 0 spiro atoms. The summed E-state index contributed by atoms with van der Waals surface area (Å²) in [5, 5.41) is 0. The lowest BCUT2D eigenvalue weighted by Gasteiger charge is -2.41. The van der Waals surface area contributed by atoms with E-state index in [0.29, 0.717) is 0 Å². The van der Waals surface area contributed by atoms with Gasteiger partial charge in [0.15, 0.2) is 0 Å². The molecule has 0 atom stereocenters. The molecule has 2 aromatic carbocycles. The second kappa shape index (κ2) is 24.4. The van der Waals surface area contributed by atoms with E-state index < -0.39 is 0 Å². The lowest BCUT2D eigenvalue weighted by atomic mass is 9.73. The molecule has 10 heteroatoms. The van der Waals surface area contributed by atoms with E-state index >= 15 is 0 Å². The van der Waals surface area contributed by atoms with Crippen LogP contribution in [0, 0.1) is 0 Å². The van der Waals surface area contributed by atoms with Crippen molar-refractivity contribution in [3.8, 4) is 11.5 Å². The molecule has 55 heavy (non-hydrogen) atoms. The van der Waals surface area contributed by atoms with Gasteiger partial charge in [-0.15, -0.1) is 0 Å². The van der Waals surface area contributed by atoms with Gasteiger partial charge in [-0.25, -0.2) is 0 Å². The molecule has 2 aromatic rings. The third kappa shape index (κ3) is 14.4. The molecule has 0 aromatic heterocycles. The largest absolute Gasteiger partial charge is 0.494 e. The van der Waals surface area contributed by atoms with Gasteiger partial charge >= 0.3 is 0 Å². The highest BCUT2D eigenvalue weighted by molar-refractivity contribution is 7.99. The summed E-state index contributed by atoms with van der Waals surface area (Å²) in [6, 6.07) is 17.8. The van der Waals surface area contributed by atoms with Crippen molar-refractivity contribution in [2.75, 3.05) is 142 Å². The Kier molecular flexibility index (Phi) is 19.8. The molecule has 6 rings (SSSR count). The average molecular weight is 799 g/mol. The van der Waals surface area contributed by atoms with Gasteiger partial charge in [0.1, 0.15) is 11.5 Å². The topological polar surface area (TPSA) is 49.9 Å². The van der Waals surface area contributed by atoms with E-state index in [1.54, 1.807) is 0 Å². The smallest absolute Gasteiger partial charge is 0.119 e. The summed E-state index contributed by atoms with van der Waals surface area (Å²) < 4.78 is 23.4. The molecule has 310 valence electrons. The molecule has 4 heterocycles. The molecule has 0 amide bonds. The zero-order chi connectivity index (χ0) is 38.6. The van der Waals surface area contributed by atoms with Gasteiger partial charge in [0, 0.05) is 113 Å². The van der Waals surface area contributed by atoms with Crippen molar-refractivity contribution in [1.82, 2.24) is 19.6 Å². The van der Waals surface area contributed by atoms with Gasteiger partial charge in [-0.3, -0.25) is 0 Å². The van der Waals surface area contributed by atoms with Crippen LogP contribution in [0.3, 0.4) is 0 Å². The van der Waals surface area contributed by atoms with Gasteiger partial charge in [0.25, 0.3) is 0 Å². The minimum atomic E-state index is 0.216. The Hall–Kier alpha value is -1.50. The molecule has 0 aliphatic carbocycles. The molecular formula is C45H74N4O4S2. The first-order chi connectivity index (χ1) is 27.0. The Morgan fingerprint density at radius 1 is 0.582 bits per heavy atom. The van der Waals surface area contributed by atoms with E-state index in [0.717, 1.165) is 135 Å². The highest BCUT2D eigenvalue weighted by atomic mass is 32.2. The summed E-state index contributed by atoms with van der Waals surface area (Å²) in [6.07, 6.45) is 6.64. The fourth-order valence-electron chi connectivity index (χ4n) is 8.52. The lowest BCUT2D eigenvalue weighted by molar-refractivity contribution is 0.0352. The number of ether oxygens (including phenoxy) is 4. The van der Waals surface area contributed by atoms with Crippen LogP contribution in [-0.4, -0.2) is 161 Å². The Bertz CT molecular complexity index is 1290. The van der Waals surface area contributed by atoms with Crippen molar-refractivity contribution in [3.05, 3.63) is 59.7 Å². The number of hydrogen-bond donors (Lipinski definition) is 0. The summed E-state index contributed by atoms with van der Waals surface area (Å²) in [4.78, 5) is 10.1. The van der Waals surface area contributed by atoms with Crippen LogP contribution in [0.15, 0.2) is 48.5 Å². The molecule has 0 saturated carbocycles. The van der Waals surface area contributed by atoms with Crippen molar-refractivity contribution in [2.45, 2.75) is 70.1 Å². The third-order valence-corrected chi connectivity index (χ3v) is 14.2. The normalized spacial score (nSPS) is 20.5. The summed E-state index contributed by atoms with van der Waals surface area (Å²) >= 11 is 4.14. The van der Waals surface area contributed by atoms with Crippen LogP contribution in [0.2, 0.25) is 0 Å². The summed E-state index contributed by atoms with van der Waals surface area (Å²) in [5.41, 5.74) is 3.31. The Morgan fingerprint density at radius 3 is 1.36 bits per heavy atom. The molecule has 4 aliphatic rings. The summed E-state index contributed by atoms with van der Waals surface area (Å²) in [7, 11) is 2.22. The summed E-state index contributed by atoms with van der Waals surface area (Å²) in [6.45, 7) is 24.6. The third-order valence-electron chi connectivity index (χ3n) is 12.3. The quantitative estimate of drug-likeness (QED) is 0.135. The van der Waals surface area contributed by atoms with Gasteiger partial charge in [-0.1, -0.05) is 45.0 Å². The van der Waals surface area contributed by atoms with Crippen molar-refractivity contribution >= 4 is 23.5 Å². The minimum Gasteiger partial charge on any atom is -0.494 e. The fraction of sp³-hybridized carbons (Fsp3) is 0.733. The zero-order valence-corrected chi connectivity index (χ0v) is 36.6. The Labute approximate surface area is 343 Å². The molecule has 0 radical (unpaired) electrons. The first-order valence-corrected chi connectivity index (χ1v) is 23.9. The van der Waals surface area contributed by atoms with E-state index in [2.05, 4.69) is 119 Å². The van der Waals surface area contributed by atoms with Crippen LogP contribution in [-0.2, 0) is 20.3 Å². The van der Waals surface area contributed by atoms with Gasteiger partial charge in [-0.05, 0) is 101 Å². The van der Waals surface area contributed by atoms with Crippen LogP contribution in [0.5, 0.6) is 11.5 Å². The number of nitrogens with zero attached hydrogens (tertiary/aromatic N) is 4. The number of likely N-dealkylation sites (N-methyl/N-ethyl adjacent to an activating group) is 2. The predicted octanol–water partition coefficient (Wildman–Crippen LogP) is 7.40. The van der Waals surface area contributed by atoms with Crippen molar-refractivity contribution < 1.29 is 18.9 Å². The van der Waals surface area contributed by atoms with E-state index in [-0.39, 0.29) is 10.8 Å². The van der Waals surface area contributed by atoms with Crippen LogP contribution >= 0.6 is 23.5 Å². The summed E-state index contributed by atoms with van der Waals surface area (Å²) in [5.74, 6) is 7.12. The zero-order valence-electron chi connectivity index (χ0n) is 34.9. The molecule has 8 nitrogen and oxygen atoms in total. The molecule has 0 N–H and O–H groups in total. The second-order valence-corrected chi connectivity index (χ2v) is 18.4. The second-order valence-electron chi connectivity index (χ2n) is 15.9.